The molecule has 2 aromatic heterocycles. The number of rotatable bonds is 4. The molecule has 0 unspecified atom stereocenters. The first-order valence-electron chi connectivity index (χ1n) is 7.14. The number of hydrogen-bond acceptors (Lipinski definition) is 5. The number of hydrogen-bond donors (Lipinski definition) is 1. The number of nitrogens with one attached hydrogen (secondary N) is 1. The summed E-state index contributed by atoms with van der Waals surface area (Å²) in [5, 5.41) is 7.44. The van der Waals surface area contributed by atoms with Gasteiger partial charge >= 0.3 is 0 Å². The molecule has 0 radical (unpaired) electrons. The van der Waals surface area contributed by atoms with Gasteiger partial charge in [-0.15, -0.1) is 0 Å². The highest BCUT2D eigenvalue weighted by molar-refractivity contribution is 5.76. The lowest BCUT2D eigenvalue weighted by molar-refractivity contribution is -0.134. The number of morpholine rings is 1. The molecule has 3 rings (SSSR count). The van der Waals surface area contributed by atoms with E-state index in [-0.39, 0.29) is 5.91 Å². The minimum atomic E-state index is 0.160. The van der Waals surface area contributed by atoms with Crippen molar-refractivity contribution >= 4 is 17.4 Å². The first-order chi connectivity index (χ1) is 10.2. The molecule has 112 valence electrons. The Labute approximate surface area is 122 Å². The maximum absolute atomic E-state index is 12.1. The van der Waals surface area contributed by atoms with Crippen molar-refractivity contribution in [1.82, 2.24) is 19.5 Å². The highest BCUT2D eigenvalue weighted by atomic mass is 16.5. The maximum atomic E-state index is 12.1. The standard InChI is InChI=1S/C14H19N5O2/c1-11-8-12(19-13(9-11)16-10-17-19)15-3-2-14(20)18-4-6-21-7-5-18/h8-10,15H,2-7H2,1H3. The van der Waals surface area contributed by atoms with Crippen molar-refractivity contribution in [2.45, 2.75) is 13.3 Å². The Morgan fingerprint density at radius 1 is 1.38 bits per heavy atom. The molecule has 0 aromatic carbocycles. The lowest BCUT2D eigenvalue weighted by Gasteiger charge is -2.26. The third-order valence-electron chi connectivity index (χ3n) is 3.53. The molecule has 0 atom stereocenters. The van der Waals surface area contributed by atoms with Gasteiger partial charge in [0.15, 0.2) is 5.65 Å². The summed E-state index contributed by atoms with van der Waals surface area (Å²) in [4.78, 5) is 18.1. The lowest BCUT2D eigenvalue weighted by atomic mass is 10.3. The maximum Gasteiger partial charge on any atom is 0.224 e. The number of aromatic nitrogens is 3. The molecule has 1 aliphatic heterocycles. The second kappa shape index (κ2) is 6.09. The first-order valence-corrected chi connectivity index (χ1v) is 7.14. The zero-order chi connectivity index (χ0) is 14.7. The quantitative estimate of drug-likeness (QED) is 0.897. The van der Waals surface area contributed by atoms with Crippen LogP contribution in [0, 0.1) is 6.92 Å². The van der Waals surface area contributed by atoms with Crippen LogP contribution in [0.5, 0.6) is 0 Å². The van der Waals surface area contributed by atoms with Crippen LogP contribution in [0.4, 0.5) is 5.82 Å². The molecule has 2 aromatic rings. The summed E-state index contributed by atoms with van der Waals surface area (Å²) in [6.07, 6.45) is 1.99. The second-order valence-corrected chi connectivity index (χ2v) is 5.12. The Bertz CT molecular complexity index is 633. The van der Waals surface area contributed by atoms with Gasteiger partial charge in [-0.3, -0.25) is 4.79 Å². The zero-order valence-electron chi connectivity index (χ0n) is 12.1. The first kappa shape index (κ1) is 13.8. The van der Waals surface area contributed by atoms with Crippen LogP contribution in [-0.4, -0.2) is 58.3 Å². The molecule has 0 bridgehead atoms. The van der Waals surface area contributed by atoms with E-state index in [1.165, 1.54) is 6.33 Å². The van der Waals surface area contributed by atoms with E-state index in [1.807, 2.05) is 24.0 Å². The largest absolute Gasteiger partial charge is 0.378 e. The van der Waals surface area contributed by atoms with Gasteiger partial charge in [-0.2, -0.15) is 9.61 Å². The molecule has 0 aliphatic carbocycles. The number of aryl methyl sites for hydroxylation is 1. The van der Waals surface area contributed by atoms with E-state index >= 15 is 0 Å². The number of nitrogens with zero attached hydrogens (tertiary/aromatic N) is 4. The highest BCUT2D eigenvalue weighted by Crippen LogP contribution is 2.13. The van der Waals surface area contributed by atoms with E-state index in [1.54, 1.807) is 4.52 Å². The molecule has 1 saturated heterocycles. The number of amides is 1. The summed E-state index contributed by atoms with van der Waals surface area (Å²) in [7, 11) is 0. The number of carbonyl (C=O) groups excluding carboxylic acids is 1. The number of carbonyl (C=O) groups is 1. The second-order valence-electron chi connectivity index (χ2n) is 5.12. The van der Waals surface area contributed by atoms with Crippen molar-refractivity contribution < 1.29 is 9.53 Å². The fraction of sp³-hybridized carbons (Fsp3) is 0.500. The molecule has 3 heterocycles. The van der Waals surface area contributed by atoms with Crippen molar-refractivity contribution in [2.24, 2.45) is 0 Å². The Kier molecular flexibility index (Phi) is 4.01. The molecule has 7 nitrogen and oxygen atoms in total. The summed E-state index contributed by atoms with van der Waals surface area (Å²) in [6.45, 7) is 5.24. The number of fused-ring (bicyclic) bond motifs is 1. The number of pyridine rings is 1. The van der Waals surface area contributed by atoms with Gasteiger partial charge in [-0.25, -0.2) is 4.98 Å². The Hall–Kier alpha value is -2.15. The van der Waals surface area contributed by atoms with Crippen molar-refractivity contribution in [3.05, 3.63) is 24.0 Å². The van der Waals surface area contributed by atoms with Crippen LogP contribution in [0.2, 0.25) is 0 Å². The molecule has 21 heavy (non-hydrogen) atoms. The van der Waals surface area contributed by atoms with E-state index in [0.29, 0.717) is 39.3 Å². The van der Waals surface area contributed by atoms with Gasteiger partial charge in [0.2, 0.25) is 5.91 Å². The SMILES string of the molecule is Cc1cc(NCCC(=O)N2CCOCC2)n2ncnc2c1. The van der Waals surface area contributed by atoms with Crippen molar-refractivity contribution in [2.75, 3.05) is 38.2 Å². The molecule has 1 amide bonds. The molecule has 1 N–H and O–H groups in total. The van der Waals surface area contributed by atoms with E-state index < -0.39 is 0 Å². The normalized spacial score (nSPS) is 15.4. The van der Waals surface area contributed by atoms with Crippen LogP contribution in [0.15, 0.2) is 18.5 Å². The Balaban J connectivity index is 1.59. The third kappa shape index (κ3) is 3.13. The fourth-order valence-electron chi connectivity index (χ4n) is 2.45. The number of ether oxygens (including phenoxy) is 1. The van der Waals surface area contributed by atoms with Gasteiger partial charge in [-0.1, -0.05) is 0 Å². The summed E-state index contributed by atoms with van der Waals surface area (Å²) in [5.74, 6) is 1.02. The van der Waals surface area contributed by atoms with Gasteiger partial charge in [0, 0.05) is 26.1 Å². The predicted octanol–water partition coefficient (Wildman–Crippen LogP) is 0.699. The van der Waals surface area contributed by atoms with Crippen LogP contribution in [-0.2, 0) is 9.53 Å². The van der Waals surface area contributed by atoms with E-state index in [9.17, 15) is 4.79 Å². The Morgan fingerprint density at radius 2 is 2.19 bits per heavy atom. The minimum Gasteiger partial charge on any atom is -0.378 e. The summed E-state index contributed by atoms with van der Waals surface area (Å²) < 4.78 is 6.99. The Morgan fingerprint density at radius 3 is 3.00 bits per heavy atom. The van der Waals surface area contributed by atoms with Crippen LogP contribution < -0.4 is 5.32 Å². The molecule has 1 fully saturated rings. The van der Waals surface area contributed by atoms with Crippen molar-refractivity contribution in [1.29, 1.82) is 0 Å². The van der Waals surface area contributed by atoms with Gasteiger partial charge in [0.05, 0.1) is 13.2 Å². The molecule has 1 aliphatic rings. The predicted molar refractivity (Wildman–Crippen MR) is 78.2 cm³/mol. The van der Waals surface area contributed by atoms with Gasteiger partial charge in [0.25, 0.3) is 0 Å². The smallest absolute Gasteiger partial charge is 0.224 e. The van der Waals surface area contributed by atoms with Gasteiger partial charge in [0.1, 0.15) is 12.1 Å². The molecule has 0 saturated carbocycles. The summed E-state index contributed by atoms with van der Waals surface area (Å²) in [5.41, 5.74) is 1.91. The molecular formula is C14H19N5O2. The van der Waals surface area contributed by atoms with E-state index in [2.05, 4.69) is 15.4 Å². The fourth-order valence-corrected chi connectivity index (χ4v) is 2.45. The highest BCUT2D eigenvalue weighted by Gasteiger charge is 2.16. The summed E-state index contributed by atoms with van der Waals surface area (Å²) in [6, 6.07) is 3.97. The third-order valence-corrected chi connectivity index (χ3v) is 3.53. The van der Waals surface area contributed by atoms with Crippen LogP contribution in [0.1, 0.15) is 12.0 Å². The van der Waals surface area contributed by atoms with E-state index in [0.717, 1.165) is 17.0 Å². The van der Waals surface area contributed by atoms with Gasteiger partial charge < -0.3 is 15.0 Å². The average Bonchev–Trinajstić information content (AvgIpc) is 2.96. The lowest BCUT2D eigenvalue weighted by Crippen LogP contribution is -2.41. The molecule has 7 heteroatoms. The van der Waals surface area contributed by atoms with Crippen LogP contribution in [0.25, 0.3) is 5.65 Å². The molecular weight excluding hydrogens is 270 g/mol. The summed E-state index contributed by atoms with van der Waals surface area (Å²) >= 11 is 0. The zero-order valence-corrected chi connectivity index (χ0v) is 12.1. The topological polar surface area (TPSA) is 71.8 Å². The monoisotopic (exact) mass is 289 g/mol. The van der Waals surface area contributed by atoms with E-state index in [4.69, 9.17) is 4.74 Å². The van der Waals surface area contributed by atoms with Gasteiger partial charge in [-0.05, 0) is 24.6 Å². The minimum absolute atomic E-state index is 0.160. The van der Waals surface area contributed by atoms with Crippen molar-refractivity contribution in [3.63, 3.8) is 0 Å². The van der Waals surface area contributed by atoms with Crippen LogP contribution >= 0.6 is 0 Å². The van der Waals surface area contributed by atoms with Crippen molar-refractivity contribution in [3.8, 4) is 0 Å². The number of anilines is 1. The van der Waals surface area contributed by atoms with Crippen LogP contribution in [0.3, 0.4) is 0 Å². The average molecular weight is 289 g/mol. The molecule has 0 spiro atoms.